The second-order valence-corrected chi connectivity index (χ2v) is 6.82. The van der Waals surface area contributed by atoms with Gasteiger partial charge in [-0.25, -0.2) is 4.98 Å². The molecule has 0 aliphatic carbocycles. The number of hydrogen-bond donors (Lipinski definition) is 1. The summed E-state index contributed by atoms with van der Waals surface area (Å²) in [5.74, 6) is 0. The normalized spacial score (nSPS) is 19.9. The number of aliphatic hydroxyl groups excluding tert-OH is 1. The third-order valence-electron chi connectivity index (χ3n) is 4.17. The smallest absolute Gasteiger partial charge is 0.389 e. The summed E-state index contributed by atoms with van der Waals surface area (Å²) in [5.41, 5.74) is 0.451. The van der Waals surface area contributed by atoms with Gasteiger partial charge in [-0.2, -0.15) is 13.2 Å². The SMILES string of the molecule is OCc1nc2cc([N+]3(c4ccccc4)N=CC=C3C(F)(F)F)ccc2s1. The molecule has 2 aromatic carbocycles. The van der Waals surface area contributed by atoms with Crippen molar-refractivity contribution in [3.05, 3.63) is 65.3 Å². The number of aromatic nitrogens is 1. The summed E-state index contributed by atoms with van der Waals surface area (Å²) in [4.78, 5) is 4.28. The third-order valence-corrected chi connectivity index (χ3v) is 5.19. The summed E-state index contributed by atoms with van der Waals surface area (Å²) in [6, 6.07) is 13.3. The standard InChI is InChI=1S/C18H13F3N3OS/c19-18(20,21)16-8-9-22-24(16,12-4-2-1-3-5-12)13-6-7-15-14(10-13)23-17(11-25)26-15/h1-10,25H,11H2/q+1. The predicted molar refractivity (Wildman–Crippen MR) is 96.1 cm³/mol. The number of halogens is 3. The van der Waals surface area contributed by atoms with Gasteiger partial charge >= 0.3 is 6.18 Å². The summed E-state index contributed by atoms with van der Waals surface area (Å²) in [5, 5.41) is 14.0. The van der Waals surface area contributed by atoms with Crippen LogP contribution in [0.15, 0.2) is 65.4 Å². The molecule has 1 N–H and O–H groups in total. The van der Waals surface area contributed by atoms with E-state index in [2.05, 4.69) is 10.1 Å². The van der Waals surface area contributed by atoms with Gasteiger partial charge in [-0.15, -0.1) is 11.3 Å². The highest BCUT2D eigenvalue weighted by atomic mass is 32.1. The average molecular weight is 376 g/mol. The first kappa shape index (κ1) is 16.9. The van der Waals surface area contributed by atoms with Crippen LogP contribution >= 0.6 is 11.3 Å². The monoisotopic (exact) mass is 376 g/mol. The summed E-state index contributed by atoms with van der Waals surface area (Å²) in [6.45, 7) is -0.209. The third kappa shape index (κ3) is 2.54. The number of quaternary nitrogens is 1. The first-order valence-electron chi connectivity index (χ1n) is 7.74. The van der Waals surface area contributed by atoms with Gasteiger partial charge in [0.1, 0.15) is 5.01 Å². The minimum atomic E-state index is -4.56. The molecule has 1 aromatic heterocycles. The molecule has 1 unspecified atom stereocenters. The Kier molecular flexibility index (Phi) is 3.91. The molecule has 0 radical (unpaired) electrons. The second kappa shape index (κ2) is 6.01. The molecule has 0 saturated heterocycles. The van der Waals surface area contributed by atoms with Crippen molar-refractivity contribution in [2.75, 3.05) is 0 Å². The van der Waals surface area contributed by atoms with Gasteiger partial charge in [0, 0.05) is 30.3 Å². The van der Waals surface area contributed by atoms with Crippen LogP contribution in [0.4, 0.5) is 24.5 Å². The number of hydrogen-bond acceptors (Lipinski definition) is 4. The van der Waals surface area contributed by atoms with Crippen LogP contribution in [0.3, 0.4) is 0 Å². The average Bonchev–Trinajstić information content (AvgIpc) is 3.26. The van der Waals surface area contributed by atoms with Gasteiger partial charge in [-0.3, -0.25) is 0 Å². The molecule has 132 valence electrons. The topological polar surface area (TPSA) is 45.5 Å². The van der Waals surface area contributed by atoms with E-state index in [0.29, 0.717) is 21.9 Å². The number of fused-ring (bicyclic) bond motifs is 1. The zero-order valence-electron chi connectivity index (χ0n) is 13.3. The number of alkyl halides is 3. The summed E-state index contributed by atoms with van der Waals surface area (Å²) in [6.07, 6.45) is -2.38. The number of nitrogens with zero attached hydrogens (tertiary/aromatic N) is 3. The van der Waals surface area contributed by atoms with Crippen molar-refractivity contribution in [2.24, 2.45) is 5.10 Å². The lowest BCUT2D eigenvalue weighted by Gasteiger charge is -2.30. The molecule has 0 bridgehead atoms. The van der Waals surface area contributed by atoms with E-state index in [-0.39, 0.29) is 6.61 Å². The quantitative estimate of drug-likeness (QED) is 0.663. The van der Waals surface area contributed by atoms with E-state index >= 15 is 0 Å². The zero-order valence-corrected chi connectivity index (χ0v) is 14.1. The van der Waals surface area contributed by atoms with E-state index in [1.807, 2.05) is 0 Å². The molecule has 1 aliphatic rings. The van der Waals surface area contributed by atoms with Crippen molar-refractivity contribution >= 4 is 39.1 Å². The number of thiazole rings is 1. The van der Waals surface area contributed by atoms with E-state index in [9.17, 15) is 18.3 Å². The number of benzene rings is 2. The van der Waals surface area contributed by atoms with Crippen molar-refractivity contribution in [3.63, 3.8) is 0 Å². The molecule has 4 nitrogen and oxygen atoms in total. The van der Waals surface area contributed by atoms with Crippen LogP contribution in [-0.4, -0.2) is 22.5 Å². The van der Waals surface area contributed by atoms with Gasteiger partial charge in [0.05, 0.1) is 23.0 Å². The Bertz CT molecular complexity index is 1030. The Hall–Kier alpha value is -2.55. The Balaban J connectivity index is 1.98. The van der Waals surface area contributed by atoms with E-state index in [1.165, 1.54) is 17.6 Å². The molecule has 0 spiro atoms. The highest BCUT2D eigenvalue weighted by Gasteiger charge is 2.55. The number of para-hydroxylation sites is 1. The number of rotatable bonds is 3. The van der Waals surface area contributed by atoms with Crippen LogP contribution in [0, 0.1) is 0 Å². The lowest BCUT2D eigenvalue weighted by Crippen LogP contribution is -2.41. The van der Waals surface area contributed by atoms with Crippen LogP contribution in [-0.2, 0) is 6.61 Å². The number of allylic oxidation sites excluding steroid dienone is 2. The van der Waals surface area contributed by atoms with E-state index in [1.54, 1.807) is 48.5 Å². The molecule has 0 fully saturated rings. The maximum Gasteiger partial charge on any atom is 0.470 e. The molecular weight excluding hydrogens is 363 g/mol. The maximum atomic E-state index is 13.8. The van der Waals surface area contributed by atoms with E-state index in [4.69, 9.17) is 0 Å². The van der Waals surface area contributed by atoms with Crippen molar-refractivity contribution in [1.82, 2.24) is 9.58 Å². The Morgan fingerprint density at radius 2 is 1.81 bits per heavy atom. The van der Waals surface area contributed by atoms with Gasteiger partial charge < -0.3 is 5.11 Å². The van der Waals surface area contributed by atoms with Crippen LogP contribution in [0.5, 0.6) is 0 Å². The summed E-state index contributed by atoms with van der Waals surface area (Å²) in [7, 11) is 0. The molecular formula is C18H13F3N3OS+. The van der Waals surface area contributed by atoms with Gasteiger partial charge in [-0.1, -0.05) is 27.9 Å². The molecule has 1 aliphatic heterocycles. The Morgan fingerprint density at radius 1 is 1.04 bits per heavy atom. The lowest BCUT2D eigenvalue weighted by atomic mass is 10.1. The van der Waals surface area contributed by atoms with Gasteiger partial charge in [-0.05, 0) is 6.07 Å². The molecule has 4 rings (SSSR count). The largest absolute Gasteiger partial charge is 0.470 e. The van der Waals surface area contributed by atoms with E-state index < -0.39 is 16.5 Å². The number of aliphatic hydroxyl groups is 1. The van der Waals surface area contributed by atoms with Crippen LogP contribution in [0.25, 0.3) is 10.2 Å². The molecule has 0 amide bonds. The first-order valence-corrected chi connectivity index (χ1v) is 8.56. The zero-order chi connectivity index (χ0) is 18.4. The van der Waals surface area contributed by atoms with Crippen LogP contribution in [0.2, 0.25) is 0 Å². The molecule has 1 atom stereocenters. The molecule has 3 aromatic rings. The summed E-state index contributed by atoms with van der Waals surface area (Å²) < 4.78 is 41.4. The first-order chi connectivity index (χ1) is 12.4. The van der Waals surface area contributed by atoms with Crippen molar-refractivity contribution in [2.45, 2.75) is 12.8 Å². The second-order valence-electron chi connectivity index (χ2n) is 5.70. The highest BCUT2D eigenvalue weighted by molar-refractivity contribution is 7.18. The van der Waals surface area contributed by atoms with Crippen LogP contribution in [0.1, 0.15) is 5.01 Å². The minimum Gasteiger partial charge on any atom is -0.389 e. The molecule has 8 heteroatoms. The maximum absolute atomic E-state index is 13.8. The predicted octanol–water partition coefficient (Wildman–Crippen LogP) is 4.87. The minimum absolute atomic E-state index is 0.209. The van der Waals surface area contributed by atoms with Crippen molar-refractivity contribution < 1.29 is 18.3 Å². The van der Waals surface area contributed by atoms with Crippen LogP contribution < -0.4 is 4.59 Å². The molecule has 0 saturated carbocycles. The van der Waals surface area contributed by atoms with Gasteiger partial charge in [0.2, 0.25) is 0 Å². The fraction of sp³-hybridized carbons (Fsp3) is 0.111. The van der Waals surface area contributed by atoms with E-state index in [0.717, 1.165) is 10.8 Å². The van der Waals surface area contributed by atoms with Gasteiger partial charge in [0.15, 0.2) is 11.4 Å². The highest BCUT2D eigenvalue weighted by Crippen LogP contribution is 2.48. The fourth-order valence-electron chi connectivity index (χ4n) is 3.09. The fourth-order valence-corrected chi connectivity index (χ4v) is 3.90. The Morgan fingerprint density at radius 3 is 2.50 bits per heavy atom. The van der Waals surface area contributed by atoms with Crippen molar-refractivity contribution in [1.29, 1.82) is 0 Å². The molecule has 26 heavy (non-hydrogen) atoms. The molecule has 2 heterocycles. The van der Waals surface area contributed by atoms with Gasteiger partial charge in [0.25, 0.3) is 5.70 Å². The Labute approximate surface area is 150 Å². The lowest BCUT2D eigenvalue weighted by molar-refractivity contribution is -0.105. The summed E-state index contributed by atoms with van der Waals surface area (Å²) >= 11 is 1.31. The van der Waals surface area contributed by atoms with Crippen molar-refractivity contribution in [3.8, 4) is 0 Å².